The molecule has 0 bridgehead atoms. The third-order valence-corrected chi connectivity index (χ3v) is 6.29. The van der Waals surface area contributed by atoms with Crippen LogP contribution in [0.3, 0.4) is 0 Å². The third kappa shape index (κ3) is 9.72. The van der Waals surface area contributed by atoms with Crippen LogP contribution in [-0.4, -0.2) is 52.8 Å². The lowest BCUT2D eigenvalue weighted by atomic mass is 9.78. The molecule has 1 aliphatic rings. The van der Waals surface area contributed by atoms with Gasteiger partial charge in [-0.2, -0.15) is 0 Å². The first-order chi connectivity index (χ1) is 15.7. The summed E-state index contributed by atoms with van der Waals surface area (Å²) in [6, 6.07) is -1.72. The summed E-state index contributed by atoms with van der Waals surface area (Å²) < 4.78 is 0. The molecule has 0 aliphatic heterocycles. The van der Waals surface area contributed by atoms with Gasteiger partial charge in [0.05, 0.1) is 6.10 Å². The molecular weight excluding hydrogens is 434 g/mol. The van der Waals surface area contributed by atoms with Crippen LogP contribution < -0.4 is 16.0 Å². The number of carbonyl (C=O) groups excluding carboxylic acids is 4. The number of aliphatic hydroxyl groups excluding tert-OH is 1. The number of hydrogen-bond donors (Lipinski definition) is 4. The van der Waals surface area contributed by atoms with Crippen molar-refractivity contribution in [1.29, 1.82) is 0 Å². The molecular formula is C26H47N3O5. The van der Waals surface area contributed by atoms with E-state index < -0.39 is 24.1 Å². The molecule has 0 aromatic carbocycles. The number of Topliss-reactive ketones (excluding diaryl/α,β-unsaturated/α-hetero) is 1. The van der Waals surface area contributed by atoms with Gasteiger partial charge >= 0.3 is 0 Å². The minimum atomic E-state index is -0.768. The monoisotopic (exact) mass is 481 g/mol. The average Bonchev–Trinajstić information content (AvgIpc) is 2.70. The Morgan fingerprint density at radius 3 is 1.97 bits per heavy atom. The average molecular weight is 482 g/mol. The molecule has 0 heterocycles. The van der Waals surface area contributed by atoms with Gasteiger partial charge in [-0.3, -0.25) is 19.2 Å². The van der Waals surface area contributed by atoms with Crippen LogP contribution in [0.5, 0.6) is 0 Å². The van der Waals surface area contributed by atoms with Crippen LogP contribution in [0.15, 0.2) is 0 Å². The third-order valence-electron chi connectivity index (χ3n) is 6.29. The van der Waals surface area contributed by atoms with Crippen molar-refractivity contribution in [3.63, 3.8) is 0 Å². The van der Waals surface area contributed by atoms with Crippen LogP contribution in [0.4, 0.5) is 0 Å². The summed E-state index contributed by atoms with van der Waals surface area (Å²) in [6.07, 6.45) is 1.54. The molecule has 5 unspecified atom stereocenters. The Bertz CT molecular complexity index is 705. The zero-order valence-corrected chi connectivity index (χ0v) is 22.3. The number of aliphatic hydroxyl groups is 1. The van der Waals surface area contributed by atoms with Crippen molar-refractivity contribution in [1.82, 2.24) is 16.0 Å². The molecule has 0 saturated heterocycles. The first-order valence-electron chi connectivity index (χ1n) is 12.8. The van der Waals surface area contributed by atoms with E-state index in [0.29, 0.717) is 32.1 Å². The molecule has 4 N–H and O–H groups in total. The number of nitrogens with one attached hydrogen (secondary N) is 3. The Kier molecular flexibility index (Phi) is 12.2. The highest BCUT2D eigenvalue weighted by atomic mass is 16.3. The van der Waals surface area contributed by atoms with Crippen LogP contribution in [-0.2, 0) is 19.2 Å². The fourth-order valence-corrected chi connectivity index (χ4v) is 4.43. The minimum absolute atomic E-state index is 0.00817. The first-order valence-corrected chi connectivity index (χ1v) is 12.8. The van der Waals surface area contributed by atoms with Crippen molar-refractivity contribution in [2.45, 2.75) is 112 Å². The van der Waals surface area contributed by atoms with Crippen molar-refractivity contribution in [2.24, 2.45) is 29.6 Å². The van der Waals surface area contributed by atoms with Crippen LogP contribution >= 0.6 is 0 Å². The van der Waals surface area contributed by atoms with Gasteiger partial charge in [0.2, 0.25) is 17.7 Å². The molecule has 0 radical (unpaired) electrons. The lowest BCUT2D eigenvalue weighted by Crippen LogP contribution is -2.57. The summed E-state index contributed by atoms with van der Waals surface area (Å²) in [4.78, 5) is 51.0. The highest BCUT2D eigenvalue weighted by Gasteiger charge is 2.37. The van der Waals surface area contributed by atoms with Crippen LogP contribution in [0.1, 0.15) is 87.5 Å². The molecule has 5 atom stereocenters. The van der Waals surface area contributed by atoms with Gasteiger partial charge in [-0.15, -0.1) is 0 Å². The highest BCUT2D eigenvalue weighted by molar-refractivity contribution is 5.92. The molecule has 34 heavy (non-hydrogen) atoms. The van der Waals surface area contributed by atoms with Crippen molar-refractivity contribution >= 4 is 23.5 Å². The van der Waals surface area contributed by atoms with Crippen LogP contribution in [0, 0.1) is 29.6 Å². The lowest BCUT2D eigenvalue weighted by molar-refractivity contribution is -0.135. The predicted octanol–water partition coefficient (Wildman–Crippen LogP) is 2.58. The van der Waals surface area contributed by atoms with Gasteiger partial charge in [0.25, 0.3) is 0 Å². The maximum atomic E-state index is 13.1. The largest absolute Gasteiger partial charge is 0.392 e. The van der Waals surface area contributed by atoms with Crippen molar-refractivity contribution < 1.29 is 24.3 Å². The Morgan fingerprint density at radius 2 is 1.47 bits per heavy atom. The van der Waals surface area contributed by atoms with Gasteiger partial charge in [0.15, 0.2) is 0 Å². The molecule has 8 heteroatoms. The molecule has 3 amide bonds. The Morgan fingerprint density at radius 1 is 0.853 bits per heavy atom. The highest BCUT2D eigenvalue weighted by Crippen LogP contribution is 2.28. The molecule has 0 aromatic heterocycles. The summed E-state index contributed by atoms with van der Waals surface area (Å²) in [5.74, 6) is -1.32. The normalized spacial score (nSPS) is 22.6. The fraction of sp³-hybridized carbons (Fsp3) is 0.846. The van der Waals surface area contributed by atoms with Crippen molar-refractivity contribution in [3.05, 3.63) is 0 Å². The van der Waals surface area contributed by atoms with Gasteiger partial charge in [-0.05, 0) is 43.4 Å². The Balaban J connectivity index is 2.86. The van der Waals surface area contributed by atoms with Gasteiger partial charge < -0.3 is 21.1 Å². The van der Waals surface area contributed by atoms with E-state index in [2.05, 4.69) is 16.0 Å². The summed E-state index contributed by atoms with van der Waals surface area (Å²) >= 11 is 0. The summed E-state index contributed by atoms with van der Waals surface area (Å²) in [5.41, 5.74) is 0. The minimum Gasteiger partial charge on any atom is -0.392 e. The standard InChI is InChI=1S/C26H47N3O5/c1-14(2)11-20(28-22(31)12-15(3)4)25(33)29-23(16(5)6)26(34)27-18-9-10-21(30)19(13-18)24(32)17(7)8/h14-21,23,30H,9-13H2,1-8H3,(H,27,34)(H,28,31)(H,29,33). The molecule has 1 saturated carbocycles. The van der Waals surface area contributed by atoms with E-state index in [4.69, 9.17) is 0 Å². The van der Waals surface area contributed by atoms with E-state index in [9.17, 15) is 24.3 Å². The van der Waals surface area contributed by atoms with Gasteiger partial charge in [-0.1, -0.05) is 55.4 Å². The Hall–Kier alpha value is -1.96. The van der Waals surface area contributed by atoms with E-state index in [1.54, 1.807) is 0 Å². The van der Waals surface area contributed by atoms with E-state index in [1.165, 1.54) is 0 Å². The zero-order chi connectivity index (χ0) is 26.2. The molecule has 1 fully saturated rings. The lowest BCUT2D eigenvalue weighted by Gasteiger charge is -2.35. The topological polar surface area (TPSA) is 125 Å². The van der Waals surface area contributed by atoms with E-state index in [0.717, 1.165) is 0 Å². The second-order valence-electron chi connectivity index (χ2n) is 11.3. The maximum absolute atomic E-state index is 13.1. The number of carbonyl (C=O) groups is 4. The van der Waals surface area contributed by atoms with E-state index >= 15 is 0 Å². The van der Waals surface area contributed by atoms with E-state index in [1.807, 2.05) is 55.4 Å². The van der Waals surface area contributed by atoms with Gasteiger partial charge in [0, 0.05) is 24.3 Å². The first kappa shape index (κ1) is 30.1. The fourth-order valence-electron chi connectivity index (χ4n) is 4.43. The maximum Gasteiger partial charge on any atom is 0.243 e. The molecule has 196 valence electrons. The van der Waals surface area contributed by atoms with Gasteiger partial charge in [-0.25, -0.2) is 0 Å². The van der Waals surface area contributed by atoms with Crippen molar-refractivity contribution in [3.8, 4) is 0 Å². The van der Waals surface area contributed by atoms with E-state index in [-0.39, 0.29) is 53.2 Å². The number of hydrogen-bond acceptors (Lipinski definition) is 5. The number of amides is 3. The van der Waals surface area contributed by atoms with Crippen LogP contribution in [0.25, 0.3) is 0 Å². The molecule has 1 rings (SSSR count). The molecule has 0 spiro atoms. The van der Waals surface area contributed by atoms with Gasteiger partial charge in [0.1, 0.15) is 17.9 Å². The second-order valence-corrected chi connectivity index (χ2v) is 11.3. The number of ketones is 1. The van der Waals surface area contributed by atoms with Crippen molar-refractivity contribution in [2.75, 3.05) is 0 Å². The second kappa shape index (κ2) is 13.8. The summed E-state index contributed by atoms with van der Waals surface area (Å²) in [7, 11) is 0. The summed E-state index contributed by atoms with van der Waals surface area (Å²) in [5, 5.41) is 19.0. The molecule has 1 aliphatic carbocycles. The van der Waals surface area contributed by atoms with Crippen LogP contribution in [0.2, 0.25) is 0 Å². The Labute approximate surface area is 205 Å². The SMILES string of the molecule is CC(C)CC(=O)NC(CC(C)C)C(=O)NC(C(=O)NC1CCC(O)C(C(=O)C(C)C)C1)C(C)C. The number of rotatable bonds is 12. The predicted molar refractivity (Wildman–Crippen MR) is 133 cm³/mol. The molecule has 8 nitrogen and oxygen atoms in total. The molecule has 0 aromatic rings. The quantitative estimate of drug-likeness (QED) is 0.341. The zero-order valence-electron chi connectivity index (χ0n) is 22.3. The summed E-state index contributed by atoms with van der Waals surface area (Å²) in [6.45, 7) is 15.2. The smallest absolute Gasteiger partial charge is 0.243 e.